The third kappa shape index (κ3) is 2.05. The van der Waals surface area contributed by atoms with Gasteiger partial charge in [0.15, 0.2) is 0 Å². The lowest BCUT2D eigenvalue weighted by Crippen LogP contribution is -2.12. The van der Waals surface area contributed by atoms with Gasteiger partial charge >= 0.3 is 0 Å². The molecule has 0 amide bonds. The second-order valence-corrected chi connectivity index (χ2v) is 4.39. The Labute approximate surface area is 89.2 Å². The van der Waals surface area contributed by atoms with Crippen molar-refractivity contribution in [3.63, 3.8) is 0 Å². The number of hydrogen-bond acceptors (Lipinski definition) is 2. The van der Waals surface area contributed by atoms with Crippen LogP contribution in [-0.2, 0) is 10.8 Å². The summed E-state index contributed by atoms with van der Waals surface area (Å²) in [5.41, 5.74) is -0.306. The van der Waals surface area contributed by atoms with Crippen LogP contribution in [0.3, 0.4) is 0 Å². The predicted octanol–water partition coefficient (Wildman–Crippen LogP) is 1.54. The maximum Gasteiger partial charge on any atom is 0.264 e. The van der Waals surface area contributed by atoms with Crippen LogP contribution in [0.4, 0.5) is 0 Å². The van der Waals surface area contributed by atoms with Gasteiger partial charge in [-0.2, -0.15) is 0 Å². The molecule has 1 N–H and O–H groups in total. The van der Waals surface area contributed by atoms with Gasteiger partial charge in [-0.05, 0) is 24.3 Å². The van der Waals surface area contributed by atoms with Gasteiger partial charge in [0.2, 0.25) is 0 Å². The number of aromatic nitrogens is 1. The smallest absolute Gasteiger partial charge is 0.264 e. The fourth-order valence-corrected chi connectivity index (χ4v) is 2.31. The first-order chi connectivity index (χ1) is 7.29. The van der Waals surface area contributed by atoms with E-state index in [9.17, 15) is 9.00 Å². The molecule has 1 aromatic carbocycles. The number of pyridine rings is 1. The minimum atomic E-state index is -1.40. The normalized spacial score (nSPS) is 12.3. The van der Waals surface area contributed by atoms with Crippen LogP contribution in [0, 0.1) is 0 Å². The molecule has 0 aliphatic heterocycles. The van der Waals surface area contributed by atoms with Crippen LogP contribution in [-0.4, -0.2) is 9.19 Å². The fraction of sp³-hybridized carbons (Fsp3) is 0. The maximum absolute atomic E-state index is 12.0. The van der Waals surface area contributed by atoms with Crippen LogP contribution < -0.4 is 5.56 Å². The van der Waals surface area contributed by atoms with E-state index in [0.29, 0.717) is 4.90 Å². The quantitative estimate of drug-likeness (QED) is 0.833. The van der Waals surface area contributed by atoms with E-state index in [-0.39, 0.29) is 10.5 Å². The molecule has 0 aliphatic carbocycles. The molecular formula is C11H9NO2S. The highest BCUT2D eigenvalue weighted by Gasteiger charge is 2.09. The maximum atomic E-state index is 12.0. The third-order valence-corrected chi connectivity index (χ3v) is 3.36. The van der Waals surface area contributed by atoms with Gasteiger partial charge in [-0.3, -0.25) is 4.79 Å². The Morgan fingerprint density at radius 2 is 1.73 bits per heavy atom. The van der Waals surface area contributed by atoms with Gasteiger partial charge in [0.1, 0.15) is 4.90 Å². The van der Waals surface area contributed by atoms with Gasteiger partial charge in [0.05, 0.1) is 10.8 Å². The Hall–Kier alpha value is -1.68. The summed E-state index contributed by atoms with van der Waals surface area (Å²) in [6.45, 7) is 0. The van der Waals surface area contributed by atoms with Crippen LogP contribution in [0.2, 0.25) is 0 Å². The summed E-state index contributed by atoms with van der Waals surface area (Å²) in [4.78, 5) is 14.8. The van der Waals surface area contributed by atoms with Gasteiger partial charge in [-0.15, -0.1) is 0 Å². The molecule has 0 aliphatic rings. The van der Waals surface area contributed by atoms with Crippen LogP contribution in [0.15, 0.2) is 63.2 Å². The highest BCUT2D eigenvalue weighted by atomic mass is 32.2. The first-order valence-electron chi connectivity index (χ1n) is 4.43. The molecule has 3 nitrogen and oxygen atoms in total. The number of H-pyrrole nitrogens is 1. The average Bonchev–Trinajstić information content (AvgIpc) is 2.30. The van der Waals surface area contributed by atoms with Crippen molar-refractivity contribution in [2.75, 3.05) is 0 Å². The Balaban J connectivity index is 2.47. The second-order valence-electron chi connectivity index (χ2n) is 2.95. The third-order valence-electron chi connectivity index (χ3n) is 1.94. The van der Waals surface area contributed by atoms with E-state index >= 15 is 0 Å². The van der Waals surface area contributed by atoms with Gasteiger partial charge in [-0.25, -0.2) is 4.21 Å². The number of aromatic amines is 1. The SMILES string of the molecule is O=c1[nH]cccc1S(=O)c1ccccc1. The summed E-state index contributed by atoms with van der Waals surface area (Å²) in [5.74, 6) is 0. The Kier molecular flexibility index (Phi) is 2.78. The standard InChI is InChI=1S/C11H9NO2S/c13-11-10(7-4-8-12-11)15(14)9-5-2-1-3-6-9/h1-8H,(H,12,13). The van der Waals surface area contributed by atoms with Gasteiger partial charge in [0.25, 0.3) is 5.56 Å². The van der Waals surface area contributed by atoms with E-state index in [4.69, 9.17) is 0 Å². The number of nitrogens with one attached hydrogen (secondary N) is 1. The fourth-order valence-electron chi connectivity index (χ4n) is 1.22. The molecule has 0 spiro atoms. The predicted molar refractivity (Wildman–Crippen MR) is 58.2 cm³/mol. The van der Waals surface area contributed by atoms with Crippen molar-refractivity contribution in [3.8, 4) is 0 Å². The Morgan fingerprint density at radius 1 is 1.00 bits per heavy atom. The van der Waals surface area contributed by atoms with Crippen molar-refractivity contribution in [3.05, 3.63) is 59.0 Å². The molecule has 1 unspecified atom stereocenters. The zero-order valence-electron chi connectivity index (χ0n) is 7.84. The van der Waals surface area contributed by atoms with Crippen molar-refractivity contribution in [1.29, 1.82) is 0 Å². The molecule has 0 fully saturated rings. The molecule has 0 bridgehead atoms. The van der Waals surface area contributed by atoms with Crippen LogP contribution in [0.1, 0.15) is 0 Å². The molecule has 1 atom stereocenters. The first-order valence-corrected chi connectivity index (χ1v) is 5.58. The lowest BCUT2D eigenvalue weighted by Gasteiger charge is -1.99. The van der Waals surface area contributed by atoms with E-state index in [1.165, 1.54) is 6.20 Å². The minimum Gasteiger partial charge on any atom is -0.328 e. The number of hydrogen-bond donors (Lipinski definition) is 1. The summed E-state index contributed by atoms with van der Waals surface area (Å²) < 4.78 is 12.0. The lowest BCUT2D eigenvalue weighted by atomic mass is 10.4. The molecule has 4 heteroatoms. The minimum absolute atomic E-state index is 0.281. The summed E-state index contributed by atoms with van der Waals surface area (Å²) in [7, 11) is -1.40. The van der Waals surface area contributed by atoms with Crippen LogP contribution in [0.25, 0.3) is 0 Å². The molecule has 0 saturated carbocycles. The van der Waals surface area contributed by atoms with Gasteiger partial charge in [-0.1, -0.05) is 18.2 Å². The average molecular weight is 219 g/mol. The number of rotatable bonds is 2. The zero-order chi connectivity index (χ0) is 10.7. The largest absolute Gasteiger partial charge is 0.328 e. The molecular weight excluding hydrogens is 210 g/mol. The second kappa shape index (κ2) is 4.23. The summed E-state index contributed by atoms with van der Waals surface area (Å²) >= 11 is 0. The van der Waals surface area contributed by atoms with Crippen molar-refractivity contribution < 1.29 is 4.21 Å². The lowest BCUT2D eigenvalue weighted by molar-refractivity contribution is 0.682. The molecule has 15 heavy (non-hydrogen) atoms. The topological polar surface area (TPSA) is 49.9 Å². The van der Waals surface area contributed by atoms with Crippen molar-refractivity contribution >= 4 is 10.8 Å². The molecule has 1 aromatic heterocycles. The van der Waals surface area contributed by atoms with E-state index in [1.807, 2.05) is 6.07 Å². The van der Waals surface area contributed by atoms with Crippen molar-refractivity contribution in [2.24, 2.45) is 0 Å². The highest BCUT2D eigenvalue weighted by Crippen LogP contribution is 2.11. The molecule has 0 radical (unpaired) electrons. The Morgan fingerprint density at radius 3 is 2.40 bits per heavy atom. The molecule has 76 valence electrons. The van der Waals surface area contributed by atoms with E-state index in [2.05, 4.69) is 4.98 Å². The van der Waals surface area contributed by atoms with E-state index in [0.717, 1.165) is 0 Å². The van der Waals surface area contributed by atoms with Crippen LogP contribution >= 0.6 is 0 Å². The van der Waals surface area contributed by atoms with Gasteiger partial charge in [0, 0.05) is 11.1 Å². The first kappa shape index (κ1) is 9.86. The van der Waals surface area contributed by atoms with Crippen molar-refractivity contribution in [2.45, 2.75) is 9.79 Å². The van der Waals surface area contributed by atoms with Crippen molar-refractivity contribution in [1.82, 2.24) is 4.98 Å². The van der Waals surface area contributed by atoms with E-state index in [1.54, 1.807) is 36.4 Å². The zero-order valence-corrected chi connectivity index (χ0v) is 8.66. The summed E-state index contributed by atoms with van der Waals surface area (Å²) in [6, 6.07) is 12.1. The molecule has 0 saturated heterocycles. The monoisotopic (exact) mass is 219 g/mol. The van der Waals surface area contributed by atoms with E-state index < -0.39 is 10.8 Å². The molecule has 2 rings (SSSR count). The highest BCUT2D eigenvalue weighted by molar-refractivity contribution is 7.85. The summed E-state index contributed by atoms with van der Waals surface area (Å²) in [5, 5.41) is 0. The number of benzene rings is 1. The Bertz CT molecular complexity index is 534. The van der Waals surface area contributed by atoms with Crippen LogP contribution in [0.5, 0.6) is 0 Å². The van der Waals surface area contributed by atoms with Gasteiger partial charge < -0.3 is 4.98 Å². The molecule has 1 heterocycles. The summed E-state index contributed by atoms with van der Waals surface area (Å²) in [6.07, 6.45) is 1.52. The molecule has 2 aromatic rings.